The molecular formula is C25H24F3N3O2. The highest BCUT2D eigenvalue weighted by Gasteiger charge is 2.30. The molecule has 0 fully saturated rings. The summed E-state index contributed by atoms with van der Waals surface area (Å²) >= 11 is 0. The van der Waals surface area contributed by atoms with E-state index in [-0.39, 0.29) is 12.5 Å². The van der Waals surface area contributed by atoms with Gasteiger partial charge in [0.15, 0.2) is 0 Å². The Morgan fingerprint density at radius 2 is 1.82 bits per heavy atom. The van der Waals surface area contributed by atoms with Crippen molar-refractivity contribution in [3.05, 3.63) is 77.5 Å². The molecule has 0 bridgehead atoms. The molecule has 0 aliphatic carbocycles. The molecule has 0 unspecified atom stereocenters. The third-order valence-corrected chi connectivity index (χ3v) is 5.75. The van der Waals surface area contributed by atoms with Gasteiger partial charge in [0.1, 0.15) is 0 Å². The number of halogens is 3. The van der Waals surface area contributed by atoms with Crippen molar-refractivity contribution in [2.45, 2.75) is 26.1 Å². The maximum Gasteiger partial charge on any atom is 0.416 e. The van der Waals surface area contributed by atoms with Gasteiger partial charge in [-0.25, -0.2) is 0 Å². The molecule has 8 heteroatoms. The van der Waals surface area contributed by atoms with Gasteiger partial charge in [0.2, 0.25) is 5.91 Å². The highest BCUT2D eigenvalue weighted by Crippen LogP contribution is 2.36. The van der Waals surface area contributed by atoms with Crippen LogP contribution < -0.4 is 4.90 Å². The number of benzene rings is 2. The van der Waals surface area contributed by atoms with Crippen LogP contribution in [0.2, 0.25) is 0 Å². The second kappa shape index (κ2) is 9.23. The van der Waals surface area contributed by atoms with Crippen molar-refractivity contribution in [3.63, 3.8) is 0 Å². The third-order valence-electron chi connectivity index (χ3n) is 5.75. The van der Waals surface area contributed by atoms with Crippen LogP contribution >= 0.6 is 0 Å². The van der Waals surface area contributed by atoms with E-state index in [1.165, 1.54) is 19.1 Å². The Bertz CT molecular complexity index is 1150. The van der Waals surface area contributed by atoms with Gasteiger partial charge in [0.25, 0.3) is 0 Å². The van der Waals surface area contributed by atoms with E-state index in [0.29, 0.717) is 31.7 Å². The molecule has 33 heavy (non-hydrogen) atoms. The smallest absolute Gasteiger partial charge is 0.396 e. The Morgan fingerprint density at radius 1 is 1.06 bits per heavy atom. The van der Waals surface area contributed by atoms with Gasteiger partial charge in [0, 0.05) is 62.2 Å². The fraction of sp³-hybridized carbons (Fsp3) is 0.280. The number of aromatic nitrogens is 1. The molecule has 0 atom stereocenters. The standard InChI is InChI=1S/C25H24F3N3O2/c1-17(33)30-12-13-31(22-8-6-20(7-9-22)25(26,27)28)24-10-5-18(15-19(24)16-30)23-4-2-3-21(29-23)11-14-32/h2-10,15,32H,11-14,16H2,1H3. The fourth-order valence-electron chi connectivity index (χ4n) is 4.02. The molecular weight excluding hydrogens is 431 g/mol. The maximum atomic E-state index is 13.0. The molecule has 172 valence electrons. The molecule has 1 N–H and O–H groups in total. The molecule has 0 spiro atoms. The molecule has 1 aliphatic heterocycles. The number of nitrogens with zero attached hydrogens (tertiary/aromatic N) is 3. The lowest BCUT2D eigenvalue weighted by atomic mass is 10.0. The number of fused-ring (bicyclic) bond motifs is 1. The Hall–Kier alpha value is -3.39. The minimum absolute atomic E-state index is 0.0102. The van der Waals surface area contributed by atoms with Gasteiger partial charge >= 0.3 is 6.18 Å². The number of aliphatic hydroxyl groups is 1. The molecule has 2 aromatic carbocycles. The summed E-state index contributed by atoms with van der Waals surface area (Å²) in [6.45, 7) is 2.83. The summed E-state index contributed by atoms with van der Waals surface area (Å²) in [5, 5.41) is 9.21. The number of hydrogen-bond acceptors (Lipinski definition) is 4. The molecule has 0 saturated carbocycles. The Morgan fingerprint density at radius 3 is 2.48 bits per heavy atom. The molecule has 5 nitrogen and oxygen atoms in total. The Kier molecular flexibility index (Phi) is 6.37. The largest absolute Gasteiger partial charge is 0.416 e. The molecule has 0 radical (unpaired) electrons. The third kappa shape index (κ3) is 5.01. The van der Waals surface area contributed by atoms with Crippen LogP contribution in [0.15, 0.2) is 60.7 Å². The van der Waals surface area contributed by atoms with Gasteiger partial charge in [-0.15, -0.1) is 0 Å². The lowest BCUT2D eigenvalue weighted by molar-refractivity contribution is -0.137. The first kappa shape index (κ1) is 22.8. The lowest BCUT2D eigenvalue weighted by Gasteiger charge is -2.25. The van der Waals surface area contributed by atoms with E-state index < -0.39 is 11.7 Å². The molecule has 4 rings (SSSR count). The Labute approximate surface area is 190 Å². The SMILES string of the molecule is CC(=O)N1CCN(c2ccc(C(F)(F)F)cc2)c2ccc(-c3cccc(CCO)n3)cc2C1. The van der Waals surface area contributed by atoms with E-state index in [1.54, 1.807) is 4.90 Å². The van der Waals surface area contributed by atoms with Crippen LogP contribution in [0.25, 0.3) is 11.3 Å². The van der Waals surface area contributed by atoms with Gasteiger partial charge in [0.05, 0.1) is 11.3 Å². The summed E-state index contributed by atoms with van der Waals surface area (Å²) in [6.07, 6.45) is -3.94. The Balaban J connectivity index is 1.74. The normalized spacial score (nSPS) is 14.1. The maximum absolute atomic E-state index is 13.0. The lowest BCUT2D eigenvalue weighted by Crippen LogP contribution is -2.32. The van der Waals surface area contributed by atoms with Crippen molar-refractivity contribution in [1.82, 2.24) is 9.88 Å². The van der Waals surface area contributed by atoms with Gasteiger partial charge in [-0.2, -0.15) is 13.2 Å². The van der Waals surface area contributed by atoms with Crippen LogP contribution in [0.3, 0.4) is 0 Å². The van der Waals surface area contributed by atoms with Gasteiger partial charge in [-0.3, -0.25) is 9.78 Å². The van der Waals surface area contributed by atoms with Crippen molar-refractivity contribution in [2.24, 2.45) is 0 Å². The first-order chi connectivity index (χ1) is 15.8. The summed E-state index contributed by atoms with van der Waals surface area (Å²) in [6, 6.07) is 16.5. The van der Waals surface area contributed by atoms with Crippen LogP contribution in [-0.4, -0.2) is 40.6 Å². The minimum atomic E-state index is -4.40. The summed E-state index contributed by atoms with van der Waals surface area (Å²) in [7, 11) is 0. The van der Waals surface area contributed by atoms with Crippen molar-refractivity contribution in [3.8, 4) is 11.3 Å². The highest BCUT2D eigenvalue weighted by atomic mass is 19.4. The van der Waals surface area contributed by atoms with E-state index in [2.05, 4.69) is 4.98 Å². The molecule has 1 aromatic heterocycles. The monoisotopic (exact) mass is 455 g/mol. The van der Waals surface area contributed by atoms with Crippen molar-refractivity contribution < 1.29 is 23.1 Å². The van der Waals surface area contributed by atoms with E-state index in [1.807, 2.05) is 41.3 Å². The topological polar surface area (TPSA) is 56.7 Å². The molecule has 2 heterocycles. The summed E-state index contributed by atoms with van der Waals surface area (Å²) in [5.74, 6) is -0.0660. The minimum Gasteiger partial charge on any atom is -0.396 e. The van der Waals surface area contributed by atoms with Gasteiger partial charge in [-0.1, -0.05) is 12.1 Å². The number of amides is 1. The molecule has 1 amide bonds. The molecule has 0 saturated heterocycles. The zero-order valence-electron chi connectivity index (χ0n) is 18.1. The van der Waals surface area contributed by atoms with E-state index >= 15 is 0 Å². The van der Waals surface area contributed by atoms with Crippen LogP contribution in [0.1, 0.15) is 23.7 Å². The van der Waals surface area contributed by atoms with Gasteiger partial charge < -0.3 is 14.9 Å². The average Bonchev–Trinajstić information content (AvgIpc) is 2.98. The van der Waals surface area contributed by atoms with E-state index in [0.717, 1.165) is 40.3 Å². The zero-order valence-corrected chi connectivity index (χ0v) is 18.1. The highest BCUT2D eigenvalue weighted by molar-refractivity contribution is 5.77. The quantitative estimate of drug-likeness (QED) is 0.614. The number of carbonyl (C=O) groups excluding carboxylic acids is 1. The fourth-order valence-corrected chi connectivity index (χ4v) is 4.02. The molecule has 3 aromatic rings. The second-order valence-corrected chi connectivity index (χ2v) is 7.97. The van der Waals surface area contributed by atoms with Crippen molar-refractivity contribution in [2.75, 3.05) is 24.6 Å². The number of rotatable bonds is 4. The zero-order chi connectivity index (χ0) is 23.6. The van der Waals surface area contributed by atoms with Crippen LogP contribution in [0.4, 0.5) is 24.5 Å². The summed E-state index contributed by atoms with van der Waals surface area (Å²) < 4.78 is 39.0. The first-order valence-electron chi connectivity index (χ1n) is 10.7. The summed E-state index contributed by atoms with van der Waals surface area (Å²) in [4.78, 5) is 20.5. The van der Waals surface area contributed by atoms with Crippen LogP contribution in [-0.2, 0) is 23.9 Å². The number of pyridine rings is 1. The van der Waals surface area contributed by atoms with E-state index in [4.69, 9.17) is 0 Å². The van der Waals surface area contributed by atoms with Crippen LogP contribution in [0.5, 0.6) is 0 Å². The number of carbonyl (C=O) groups is 1. The van der Waals surface area contributed by atoms with Crippen LogP contribution in [0, 0.1) is 0 Å². The van der Waals surface area contributed by atoms with E-state index in [9.17, 15) is 23.1 Å². The first-order valence-corrected chi connectivity index (χ1v) is 10.7. The van der Waals surface area contributed by atoms with Gasteiger partial charge in [-0.05, 0) is 54.1 Å². The predicted octanol–water partition coefficient (Wildman–Crippen LogP) is 4.80. The average molecular weight is 455 g/mol. The van der Waals surface area contributed by atoms with Crippen molar-refractivity contribution >= 4 is 17.3 Å². The number of anilines is 2. The van der Waals surface area contributed by atoms with Crippen molar-refractivity contribution in [1.29, 1.82) is 0 Å². The number of aliphatic hydroxyl groups excluding tert-OH is 1. The predicted molar refractivity (Wildman–Crippen MR) is 120 cm³/mol. The number of hydrogen-bond donors (Lipinski definition) is 1. The number of alkyl halides is 3. The second-order valence-electron chi connectivity index (χ2n) is 7.97. The molecule has 1 aliphatic rings. The summed E-state index contributed by atoms with van der Waals surface area (Å²) in [5.41, 5.74) is 4.06.